The molecular formula is C13H16BrFN2O4S. The van der Waals surface area contributed by atoms with Crippen molar-refractivity contribution in [3.8, 4) is 5.75 Å². The maximum atomic E-state index is 13.7. The number of ether oxygens (including phenoxy) is 1. The van der Waals surface area contributed by atoms with E-state index < -0.39 is 21.9 Å². The Balaban J connectivity index is 2.27. The zero-order chi connectivity index (χ0) is 16.5. The van der Waals surface area contributed by atoms with Crippen molar-refractivity contribution in [2.75, 3.05) is 20.7 Å². The highest BCUT2D eigenvalue weighted by Gasteiger charge is 2.29. The fourth-order valence-corrected chi connectivity index (χ4v) is 3.96. The molecular weight excluding hydrogens is 379 g/mol. The molecule has 1 aromatic rings. The second-order valence-corrected chi connectivity index (χ2v) is 7.58. The highest BCUT2D eigenvalue weighted by molar-refractivity contribution is 9.10. The number of halogens is 2. The van der Waals surface area contributed by atoms with E-state index in [1.165, 1.54) is 13.2 Å². The second kappa shape index (κ2) is 6.51. The normalized spacial score (nSPS) is 19.4. The van der Waals surface area contributed by atoms with Gasteiger partial charge in [-0.3, -0.25) is 4.79 Å². The van der Waals surface area contributed by atoms with Crippen molar-refractivity contribution < 1.29 is 22.3 Å². The Morgan fingerprint density at radius 2 is 2.14 bits per heavy atom. The van der Waals surface area contributed by atoms with Gasteiger partial charge in [0.2, 0.25) is 15.9 Å². The number of piperidine rings is 1. The number of rotatable bonds is 4. The zero-order valence-electron chi connectivity index (χ0n) is 12.1. The lowest BCUT2D eigenvalue weighted by atomic mass is 10.1. The van der Waals surface area contributed by atoms with Gasteiger partial charge >= 0.3 is 0 Å². The molecule has 1 N–H and O–H groups in total. The molecule has 0 saturated carbocycles. The Morgan fingerprint density at radius 3 is 2.73 bits per heavy atom. The average Bonchev–Trinajstić information content (AvgIpc) is 2.45. The van der Waals surface area contributed by atoms with Crippen LogP contribution in [0.5, 0.6) is 5.75 Å². The summed E-state index contributed by atoms with van der Waals surface area (Å²) >= 11 is 2.98. The third-order valence-corrected chi connectivity index (χ3v) is 5.63. The molecule has 1 aromatic carbocycles. The number of hydrogen-bond donors (Lipinski definition) is 1. The molecule has 0 spiro atoms. The van der Waals surface area contributed by atoms with E-state index in [1.54, 1.807) is 11.9 Å². The first-order chi connectivity index (χ1) is 10.2. The molecule has 0 aliphatic carbocycles. The van der Waals surface area contributed by atoms with Crippen LogP contribution in [0, 0.1) is 5.82 Å². The molecule has 0 aromatic heterocycles. The zero-order valence-corrected chi connectivity index (χ0v) is 14.5. The van der Waals surface area contributed by atoms with Crippen molar-refractivity contribution in [3.05, 3.63) is 22.4 Å². The maximum Gasteiger partial charge on any atom is 0.244 e. The van der Waals surface area contributed by atoms with Gasteiger partial charge in [-0.15, -0.1) is 0 Å². The van der Waals surface area contributed by atoms with Gasteiger partial charge in [-0.25, -0.2) is 17.5 Å². The molecule has 1 unspecified atom stereocenters. The lowest BCUT2D eigenvalue weighted by molar-refractivity contribution is -0.132. The molecule has 2 rings (SSSR count). The Bertz CT molecular complexity index is 696. The van der Waals surface area contributed by atoms with Crippen LogP contribution in [0.3, 0.4) is 0 Å². The molecule has 1 aliphatic rings. The monoisotopic (exact) mass is 394 g/mol. The molecule has 0 bridgehead atoms. The number of methoxy groups -OCH3 is 1. The molecule has 1 aliphatic heterocycles. The molecule has 1 fully saturated rings. The molecule has 122 valence electrons. The Labute approximate surface area is 136 Å². The summed E-state index contributed by atoms with van der Waals surface area (Å²) in [6.07, 6.45) is 0.583. The van der Waals surface area contributed by atoms with Crippen LogP contribution in [0.2, 0.25) is 0 Å². The molecule has 22 heavy (non-hydrogen) atoms. The summed E-state index contributed by atoms with van der Waals surface area (Å²) in [6.45, 7) is 0.470. The van der Waals surface area contributed by atoms with E-state index in [9.17, 15) is 17.6 Å². The number of amides is 1. The highest BCUT2D eigenvalue weighted by Crippen LogP contribution is 2.30. The summed E-state index contributed by atoms with van der Waals surface area (Å²) in [5.74, 6) is -0.812. The summed E-state index contributed by atoms with van der Waals surface area (Å²) in [5, 5.41) is 0. The van der Waals surface area contributed by atoms with E-state index in [0.717, 1.165) is 6.07 Å². The summed E-state index contributed by atoms with van der Waals surface area (Å²) in [6, 6.07) is 1.64. The van der Waals surface area contributed by atoms with Gasteiger partial charge in [-0.2, -0.15) is 0 Å². The van der Waals surface area contributed by atoms with Crippen molar-refractivity contribution in [2.24, 2.45) is 0 Å². The van der Waals surface area contributed by atoms with Crippen LogP contribution in [-0.4, -0.2) is 46.0 Å². The van der Waals surface area contributed by atoms with Crippen LogP contribution in [0.1, 0.15) is 12.8 Å². The Hall–Kier alpha value is -1.19. The minimum absolute atomic E-state index is 0.0278. The molecule has 6 nitrogen and oxygen atoms in total. The van der Waals surface area contributed by atoms with Crippen molar-refractivity contribution >= 4 is 31.9 Å². The van der Waals surface area contributed by atoms with Crippen LogP contribution >= 0.6 is 15.9 Å². The second-order valence-electron chi connectivity index (χ2n) is 5.04. The molecule has 0 radical (unpaired) electrons. The first-order valence-electron chi connectivity index (χ1n) is 6.54. The van der Waals surface area contributed by atoms with Gasteiger partial charge in [0.1, 0.15) is 16.5 Å². The van der Waals surface area contributed by atoms with E-state index in [1.807, 2.05) is 0 Å². The van der Waals surface area contributed by atoms with E-state index in [-0.39, 0.29) is 27.4 Å². The predicted molar refractivity (Wildman–Crippen MR) is 81.6 cm³/mol. The molecule has 9 heteroatoms. The van der Waals surface area contributed by atoms with Crippen molar-refractivity contribution in [1.82, 2.24) is 9.62 Å². The quantitative estimate of drug-likeness (QED) is 0.839. The van der Waals surface area contributed by atoms with Gasteiger partial charge in [0.25, 0.3) is 0 Å². The Morgan fingerprint density at radius 1 is 1.45 bits per heavy atom. The average molecular weight is 395 g/mol. The van der Waals surface area contributed by atoms with Crippen LogP contribution < -0.4 is 9.46 Å². The highest BCUT2D eigenvalue weighted by atomic mass is 79.9. The number of benzene rings is 1. The first-order valence-corrected chi connectivity index (χ1v) is 8.81. The summed E-state index contributed by atoms with van der Waals surface area (Å²) in [4.78, 5) is 12.9. The van der Waals surface area contributed by atoms with Gasteiger partial charge in [-0.05, 0) is 34.5 Å². The number of nitrogens with zero attached hydrogens (tertiary/aromatic N) is 1. The number of likely N-dealkylation sites (tertiary alicyclic amines) is 1. The van der Waals surface area contributed by atoms with E-state index in [2.05, 4.69) is 20.7 Å². The number of carbonyl (C=O) groups excluding carboxylic acids is 1. The van der Waals surface area contributed by atoms with Crippen LogP contribution in [0.4, 0.5) is 4.39 Å². The lowest BCUT2D eigenvalue weighted by Gasteiger charge is -2.29. The number of carbonyl (C=O) groups is 1. The van der Waals surface area contributed by atoms with Crippen LogP contribution in [0.15, 0.2) is 21.5 Å². The fraction of sp³-hybridized carbons (Fsp3) is 0.462. The Kier molecular flexibility index (Phi) is 5.08. The minimum Gasteiger partial charge on any atom is -0.495 e. The van der Waals surface area contributed by atoms with Crippen molar-refractivity contribution in [3.63, 3.8) is 0 Å². The molecule has 1 atom stereocenters. The minimum atomic E-state index is -3.99. The predicted octanol–water partition coefficient (Wildman–Crippen LogP) is 1.50. The molecule has 1 amide bonds. The van der Waals surface area contributed by atoms with Crippen molar-refractivity contribution in [1.29, 1.82) is 0 Å². The fourth-order valence-electron chi connectivity index (χ4n) is 2.21. The van der Waals surface area contributed by atoms with Crippen molar-refractivity contribution in [2.45, 2.75) is 23.8 Å². The van der Waals surface area contributed by atoms with Crippen LogP contribution in [0.25, 0.3) is 0 Å². The van der Waals surface area contributed by atoms with E-state index in [0.29, 0.717) is 13.0 Å². The van der Waals surface area contributed by atoms with Gasteiger partial charge in [0.05, 0.1) is 11.6 Å². The third kappa shape index (κ3) is 3.58. The molecule has 1 heterocycles. The largest absolute Gasteiger partial charge is 0.495 e. The van der Waals surface area contributed by atoms with Gasteiger partial charge in [0.15, 0.2) is 0 Å². The topological polar surface area (TPSA) is 75.7 Å². The smallest absolute Gasteiger partial charge is 0.244 e. The molecule has 1 saturated heterocycles. The summed E-state index contributed by atoms with van der Waals surface area (Å²) in [5.41, 5.74) is 0. The SMILES string of the molecule is COc1cc(Br)c(F)cc1S(=O)(=O)NC1CCN(C)C(=O)C1. The lowest BCUT2D eigenvalue weighted by Crippen LogP contribution is -2.46. The standard InChI is InChI=1S/C13H16BrFN2O4S/c1-17-4-3-8(5-13(17)18)16-22(19,20)12-7-10(15)9(14)6-11(12)21-2/h6-8,16H,3-5H2,1-2H3. The number of sulfonamides is 1. The number of hydrogen-bond acceptors (Lipinski definition) is 4. The van der Waals surface area contributed by atoms with Gasteiger partial charge in [-0.1, -0.05) is 0 Å². The van der Waals surface area contributed by atoms with Crippen LogP contribution in [-0.2, 0) is 14.8 Å². The van der Waals surface area contributed by atoms with Gasteiger partial charge < -0.3 is 9.64 Å². The van der Waals surface area contributed by atoms with E-state index >= 15 is 0 Å². The summed E-state index contributed by atoms with van der Waals surface area (Å²) < 4.78 is 46.1. The first kappa shape index (κ1) is 17.2. The van der Waals surface area contributed by atoms with E-state index in [4.69, 9.17) is 4.74 Å². The summed E-state index contributed by atoms with van der Waals surface area (Å²) in [7, 11) is -1.02. The third-order valence-electron chi connectivity index (χ3n) is 3.48. The van der Waals surface area contributed by atoms with Gasteiger partial charge in [0, 0.05) is 26.1 Å². The maximum absolute atomic E-state index is 13.7. The number of nitrogens with one attached hydrogen (secondary N) is 1.